The lowest BCUT2D eigenvalue weighted by Gasteiger charge is -2.38. The second kappa shape index (κ2) is 8.34. The zero-order chi connectivity index (χ0) is 21.2. The predicted octanol–water partition coefficient (Wildman–Crippen LogP) is 3.81. The smallest absolute Gasteiger partial charge is 0.264 e. The lowest BCUT2D eigenvalue weighted by Crippen LogP contribution is -2.50. The number of morpholine rings is 1. The van der Waals surface area contributed by atoms with Crippen LogP contribution in [-0.4, -0.2) is 51.1 Å². The summed E-state index contributed by atoms with van der Waals surface area (Å²) in [4.78, 5) is 14.8. The molecule has 0 aliphatic carbocycles. The lowest BCUT2D eigenvalue weighted by atomic mass is 10.1. The molecule has 0 N–H and O–H groups in total. The van der Waals surface area contributed by atoms with E-state index < -0.39 is 15.6 Å². The third-order valence-corrected chi connectivity index (χ3v) is 7.03. The van der Waals surface area contributed by atoms with Gasteiger partial charge in [0.1, 0.15) is 0 Å². The number of carbonyl (C=O) groups is 1. The van der Waals surface area contributed by atoms with Gasteiger partial charge in [0.15, 0.2) is 0 Å². The third kappa shape index (κ3) is 4.57. The Balaban J connectivity index is 1.97. The number of amides is 1. The maximum Gasteiger partial charge on any atom is 0.264 e. The molecule has 2 aromatic carbocycles. The topological polar surface area (TPSA) is 66.9 Å². The summed E-state index contributed by atoms with van der Waals surface area (Å²) in [6, 6.07) is 13.1. The number of halogens is 1. The Morgan fingerprint density at radius 1 is 1.21 bits per heavy atom. The van der Waals surface area contributed by atoms with Crippen LogP contribution in [0.5, 0.6) is 0 Å². The molecule has 1 aliphatic rings. The fourth-order valence-corrected chi connectivity index (χ4v) is 5.10. The van der Waals surface area contributed by atoms with Gasteiger partial charge in [0.25, 0.3) is 15.9 Å². The van der Waals surface area contributed by atoms with Gasteiger partial charge in [-0.25, -0.2) is 8.42 Å². The van der Waals surface area contributed by atoms with E-state index in [1.165, 1.54) is 22.5 Å². The van der Waals surface area contributed by atoms with Crippen LogP contribution in [0.1, 0.15) is 31.1 Å². The lowest BCUT2D eigenvalue weighted by molar-refractivity contribution is -0.0764. The van der Waals surface area contributed by atoms with Gasteiger partial charge in [0, 0.05) is 19.6 Å². The second-order valence-electron chi connectivity index (χ2n) is 7.48. The molecule has 0 spiro atoms. The first-order chi connectivity index (χ1) is 13.7. The Labute approximate surface area is 177 Å². The summed E-state index contributed by atoms with van der Waals surface area (Å²) in [5.41, 5.74) is 0.276. The number of carbonyl (C=O) groups excluding carboxylic acids is 1. The van der Waals surface area contributed by atoms with Gasteiger partial charge in [-0.05, 0) is 51.1 Å². The van der Waals surface area contributed by atoms with Gasteiger partial charge in [-0.1, -0.05) is 29.8 Å². The molecule has 1 heterocycles. The first-order valence-corrected chi connectivity index (χ1v) is 11.3. The fourth-order valence-electron chi connectivity index (χ4n) is 3.40. The molecule has 0 aromatic heterocycles. The van der Waals surface area contributed by atoms with Gasteiger partial charge in [-0.15, -0.1) is 0 Å². The molecule has 1 amide bonds. The number of nitrogens with zero attached hydrogens (tertiary/aromatic N) is 2. The second-order valence-corrected chi connectivity index (χ2v) is 9.75. The van der Waals surface area contributed by atoms with Crippen molar-refractivity contribution in [3.05, 3.63) is 59.1 Å². The summed E-state index contributed by atoms with van der Waals surface area (Å²) >= 11 is 6.27. The van der Waals surface area contributed by atoms with Crippen molar-refractivity contribution in [1.82, 2.24) is 4.90 Å². The average molecular weight is 437 g/mol. The molecule has 0 saturated carbocycles. The summed E-state index contributed by atoms with van der Waals surface area (Å²) in [5.74, 6) is -0.300. The number of ether oxygens (including phenoxy) is 1. The first-order valence-electron chi connectivity index (χ1n) is 9.46. The average Bonchev–Trinajstić information content (AvgIpc) is 2.68. The summed E-state index contributed by atoms with van der Waals surface area (Å²) in [6.07, 6.45) is 0. The molecule has 1 fully saturated rings. The summed E-state index contributed by atoms with van der Waals surface area (Å²) in [6.45, 7) is 7.11. The van der Waals surface area contributed by atoms with Crippen molar-refractivity contribution in [1.29, 1.82) is 0 Å². The van der Waals surface area contributed by atoms with Crippen LogP contribution in [0.3, 0.4) is 0 Å². The molecular weight excluding hydrogens is 412 g/mol. The zero-order valence-electron chi connectivity index (χ0n) is 16.8. The molecule has 1 saturated heterocycles. The van der Waals surface area contributed by atoms with Crippen molar-refractivity contribution in [3.63, 3.8) is 0 Å². The van der Waals surface area contributed by atoms with E-state index in [-0.39, 0.29) is 27.9 Å². The van der Waals surface area contributed by atoms with Crippen LogP contribution in [0, 0.1) is 0 Å². The minimum absolute atomic E-state index is 0.0310. The molecule has 156 valence electrons. The number of rotatable bonds is 5. The van der Waals surface area contributed by atoms with E-state index in [4.69, 9.17) is 16.3 Å². The number of hydrogen-bond acceptors (Lipinski definition) is 4. The van der Waals surface area contributed by atoms with Crippen molar-refractivity contribution < 1.29 is 17.9 Å². The van der Waals surface area contributed by atoms with Crippen molar-refractivity contribution in [2.75, 3.05) is 30.5 Å². The molecule has 3 rings (SSSR count). The molecule has 0 atom stereocenters. The Morgan fingerprint density at radius 3 is 2.52 bits per heavy atom. The van der Waals surface area contributed by atoms with Gasteiger partial charge in [0.2, 0.25) is 0 Å². The van der Waals surface area contributed by atoms with Gasteiger partial charge in [-0.3, -0.25) is 9.10 Å². The van der Waals surface area contributed by atoms with E-state index in [0.29, 0.717) is 25.4 Å². The largest absolute Gasteiger partial charge is 0.372 e. The minimum Gasteiger partial charge on any atom is -0.372 e. The van der Waals surface area contributed by atoms with E-state index in [1.807, 2.05) is 19.9 Å². The molecule has 6 nitrogen and oxygen atoms in total. The van der Waals surface area contributed by atoms with E-state index in [1.54, 1.807) is 36.1 Å². The first kappa shape index (κ1) is 21.6. The highest BCUT2D eigenvalue weighted by Crippen LogP contribution is 2.28. The van der Waals surface area contributed by atoms with Crippen molar-refractivity contribution >= 4 is 33.2 Å². The van der Waals surface area contributed by atoms with Crippen LogP contribution in [-0.2, 0) is 14.8 Å². The number of sulfonamides is 1. The normalized spacial score (nSPS) is 16.5. The molecular formula is C21H25ClN2O4S. The van der Waals surface area contributed by atoms with E-state index >= 15 is 0 Å². The fraction of sp³-hybridized carbons (Fsp3) is 0.381. The molecule has 2 aromatic rings. The summed E-state index contributed by atoms with van der Waals surface area (Å²) in [7, 11) is -3.85. The standard InChI is InChI=1S/C21H25ClN2O4S/c1-4-24(16-8-6-5-7-9-16)29(26,27)17-10-11-19(22)18(14-17)20(25)23-12-13-28-21(2,3)15-23/h5-11,14H,4,12-13,15H2,1-3H3. The van der Waals surface area contributed by atoms with Crippen molar-refractivity contribution in [3.8, 4) is 0 Å². The van der Waals surface area contributed by atoms with Gasteiger partial charge in [-0.2, -0.15) is 0 Å². The van der Waals surface area contributed by atoms with Crippen LogP contribution >= 0.6 is 11.6 Å². The Bertz CT molecular complexity index is 993. The SMILES string of the molecule is CCN(c1ccccc1)S(=O)(=O)c1ccc(Cl)c(C(=O)N2CCOC(C)(C)C2)c1. The van der Waals surface area contributed by atoms with Crippen molar-refractivity contribution in [2.45, 2.75) is 31.3 Å². The Hall–Kier alpha value is -2.09. The Morgan fingerprint density at radius 2 is 1.90 bits per heavy atom. The monoisotopic (exact) mass is 436 g/mol. The van der Waals surface area contributed by atoms with Crippen LogP contribution < -0.4 is 4.31 Å². The number of para-hydroxylation sites is 1. The molecule has 8 heteroatoms. The zero-order valence-corrected chi connectivity index (χ0v) is 18.3. The van der Waals surface area contributed by atoms with Gasteiger partial charge >= 0.3 is 0 Å². The number of anilines is 1. The highest BCUT2D eigenvalue weighted by atomic mass is 35.5. The third-order valence-electron chi connectivity index (χ3n) is 4.80. The highest BCUT2D eigenvalue weighted by molar-refractivity contribution is 7.92. The molecule has 0 unspecified atom stereocenters. The summed E-state index contributed by atoms with van der Waals surface area (Å²) in [5, 5.41) is 0.223. The predicted molar refractivity (Wildman–Crippen MR) is 114 cm³/mol. The van der Waals surface area contributed by atoms with E-state index in [9.17, 15) is 13.2 Å². The quantitative estimate of drug-likeness (QED) is 0.714. The maximum absolute atomic E-state index is 13.3. The number of benzene rings is 2. The van der Waals surface area contributed by atoms with E-state index in [0.717, 1.165) is 0 Å². The molecule has 0 radical (unpaired) electrons. The Kier molecular flexibility index (Phi) is 6.22. The highest BCUT2D eigenvalue weighted by Gasteiger charge is 2.32. The van der Waals surface area contributed by atoms with Gasteiger partial charge < -0.3 is 9.64 Å². The van der Waals surface area contributed by atoms with Crippen LogP contribution in [0.4, 0.5) is 5.69 Å². The minimum atomic E-state index is -3.85. The molecule has 29 heavy (non-hydrogen) atoms. The van der Waals surface area contributed by atoms with Crippen molar-refractivity contribution in [2.24, 2.45) is 0 Å². The van der Waals surface area contributed by atoms with Crippen LogP contribution in [0.2, 0.25) is 5.02 Å². The summed E-state index contributed by atoms with van der Waals surface area (Å²) < 4.78 is 33.5. The maximum atomic E-state index is 13.3. The van der Waals surface area contributed by atoms with Crippen LogP contribution in [0.15, 0.2) is 53.4 Å². The van der Waals surface area contributed by atoms with Crippen LogP contribution in [0.25, 0.3) is 0 Å². The molecule has 1 aliphatic heterocycles. The molecule has 0 bridgehead atoms. The van der Waals surface area contributed by atoms with E-state index in [2.05, 4.69) is 0 Å². The number of hydrogen-bond donors (Lipinski definition) is 0. The van der Waals surface area contributed by atoms with Gasteiger partial charge in [0.05, 0.1) is 33.4 Å².